The van der Waals surface area contributed by atoms with Gasteiger partial charge in [0.1, 0.15) is 0 Å². The second-order valence-electron chi connectivity index (χ2n) is 9.37. The Bertz CT molecular complexity index is 1140. The summed E-state index contributed by atoms with van der Waals surface area (Å²) in [7, 11) is 0. The van der Waals surface area contributed by atoms with E-state index in [1.54, 1.807) is 0 Å². The summed E-state index contributed by atoms with van der Waals surface area (Å²) in [6.45, 7) is 8.95. The molecule has 0 nitrogen and oxygen atoms in total. The van der Waals surface area contributed by atoms with Crippen molar-refractivity contribution in [1.29, 1.82) is 0 Å². The maximum absolute atomic E-state index is 2.24. The lowest BCUT2D eigenvalue weighted by atomic mass is 9.93. The molecule has 0 spiro atoms. The molecular weight excluding hydrogens is 432 g/mol. The number of rotatable bonds is 4. The highest BCUT2D eigenvalue weighted by Gasteiger charge is 2.07. The zero-order valence-electron chi connectivity index (χ0n) is 22.0. The number of benzene rings is 5. The highest BCUT2D eigenvalue weighted by Crippen LogP contribution is 2.29. The Hall–Kier alpha value is -3.90. The van der Waals surface area contributed by atoms with Gasteiger partial charge in [0.15, 0.2) is 0 Å². The third kappa shape index (κ3) is 8.10. The van der Waals surface area contributed by atoms with Gasteiger partial charge in [0.2, 0.25) is 0 Å². The molecule has 0 fully saturated rings. The zero-order valence-corrected chi connectivity index (χ0v) is 22.0. The van der Waals surface area contributed by atoms with Gasteiger partial charge in [0, 0.05) is 0 Å². The van der Waals surface area contributed by atoms with Crippen molar-refractivity contribution in [1.82, 2.24) is 0 Å². The minimum atomic E-state index is 0.571. The van der Waals surface area contributed by atoms with Gasteiger partial charge in [0.05, 0.1) is 0 Å². The van der Waals surface area contributed by atoms with Gasteiger partial charge in [-0.05, 0) is 45.2 Å². The normalized spacial score (nSPS) is 10.2. The Kier molecular flexibility index (Phi) is 10.7. The predicted octanol–water partition coefficient (Wildman–Crippen LogP) is 10.6. The summed E-state index contributed by atoms with van der Waals surface area (Å²) in [6, 6.07) is 50.4. The molecule has 0 aliphatic carbocycles. The van der Waals surface area contributed by atoms with Crippen molar-refractivity contribution in [2.24, 2.45) is 0 Å². The van der Waals surface area contributed by atoms with E-state index in [4.69, 9.17) is 0 Å². The van der Waals surface area contributed by atoms with Gasteiger partial charge in [-0.2, -0.15) is 0 Å². The first-order valence-electron chi connectivity index (χ1n) is 12.9. The summed E-state index contributed by atoms with van der Waals surface area (Å²) in [4.78, 5) is 0. The first kappa shape index (κ1) is 26.7. The van der Waals surface area contributed by atoms with Crippen molar-refractivity contribution >= 4 is 0 Å². The minimum absolute atomic E-state index is 0.571. The van der Waals surface area contributed by atoms with E-state index in [0.717, 1.165) is 0 Å². The average Bonchev–Trinajstić information content (AvgIpc) is 2.95. The van der Waals surface area contributed by atoms with Crippen LogP contribution in [0.2, 0.25) is 0 Å². The molecule has 5 rings (SSSR count). The van der Waals surface area contributed by atoms with Gasteiger partial charge in [-0.3, -0.25) is 0 Å². The average molecular weight is 471 g/mol. The van der Waals surface area contributed by atoms with E-state index in [2.05, 4.69) is 137 Å². The van der Waals surface area contributed by atoms with Crippen molar-refractivity contribution in [3.63, 3.8) is 0 Å². The Labute approximate surface area is 218 Å². The number of hydrogen-bond donors (Lipinski definition) is 0. The standard InChI is InChI=1S/2C15H16.C6H6/c2*1-12(2)14-10-6-7-11-15(14)13-8-4-3-5-9-13;1-2-4-6-5-3-1/h2*3-12H,1-2H3;1-6H. The van der Waals surface area contributed by atoms with Crippen LogP contribution in [0.1, 0.15) is 50.7 Å². The van der Waals surface area contributed by atoms with Crippen molar-refractivity contribution in [2.45, 2.75) is 39.5 Å². The maximum Gasteiger partial charge on any atom is -0.0149 e. The van der Waals surface area contributed by atoms with E-state index in [1.807, 2.05) is 36.4 Å². The predicted molar refractivity (Wildman–Crippen MR) is 158 cm³/mol. The van der Waals surface area contributed by atoms with Gasteiger partial charge < -0.3 is 0 Å². The van der Waals surface area contributed by atoms with Crippen LogP contribution in [0.15, 0.2) is 146 Å². The monoisotopic (exact) mass is 470 g/mol. The molecule has 5 aromatic carbocycles. The van der Waals surface area contributed by atoms with Crippen molar-refractivity contribution < 1.29 is 0 Å². The molecule has 0 saturated carbocycles. The molecule has 0 aromatic heterocycles. The lowest BCUT2D eigenvalue weighted by molar-refractivity contribution is 0.869. The Morgan fingerprint density at radius 1 is 0.306 bits per heavy atom. The molecule has 0 aliphatic rings. The molecule has 0 bridgehead atoms. The second kappa shape index (κ2) is 14.5. The molecular formula is C36H38. The van der Waals surface area contributed by atoms with Crippen molar-refractivity contribution in [3.8, 4) is 22.3 Å². The summed E-state index contributed by atoms with van der Waals surface area (Å²) in [5.41, 5.74) is 8.16. The summed E-state index contributed by atoms with van der Waals surface area (Å²) < 4.78 is 0. The molecule has 0 saturated heterocycles. The molecule has 0 unspecified atom stereocenters. The molecule has 0 amide bonds. The summed E-state index contributed by atoms with van der Waals surface area (Å²) >= 11 is 0. The van der Waals surface area contributed by atoms with E-state index >= 15 is 0 Å². The number of hydrogen-bond acceptors (Lipinski definition) is 0. The molecule has 36 heavy (non-hydrogen) atoms. The first-order valence-corrected chi connectivity index (χ1v) is 12.9. The fraction of sp³-hybridized carbons (Fsp3) is 0.167. The van der Waals surface area contributed by atoms with E-state index in [9.17, 15) is 0 Å². The lowest BCUT2D eigenvalue weighted by Crippen LogP contribution is -1.91. The molecule has 0 aliphatic heterocycles. The highest BCUT2D eigenvalue weighted by atomic mass is 14.1. The lowest BCUT2D eigenvalue weighted by Gasteiger charge is -2.12. The van der Waals surface area contributed by atoms with Crippen LogP contribution in [0.5, 0.6) is 0 Å². The van der Waals surface area contributed by atoms with Crippen LogP contribution in [-0.2, 0) is 0 Å². The van der Waals surface area contributed by atoms with E-state index < -0.39 is 0 Å². The highest BCUT2D eigenvalue weighted by molar-refractivity contribution is 5.68. The fourth-order valence-electron chi connectivity index (χ4n) is 4.15. The molecule has 182 valence electrons. The quantitative estimate of drug-likeness (QED) is 0.245. The van der Waals surface area contributed by atoms with Crippen LogP contribution in [0.4, 0.5) is 0 Å². The molecule has 0 heterocycles. The maximum atomic E-state index is 2.24. The second-order valence-corrected chi connectivity index (χ2v) is 9.37. The molecule has 0 radical (unpaired) electrons. The van der Waals surface area contributed by atoms with Crippen LogP contribution in [-0.4, -0.2) is 0 Å². The Morgan fingerprint density at radius 3 is 0.861 bits per heavy atom. The van der Waals surface area contributed by atoms with Crippen LogP contribution in [0, 0.1) is 0 Å². The fourth-order valence-corrected chi connectivity index (χ4v) is 4.15. The van der Waals surface area contributed by atoms with Crippen LogP contribution < -0.4 is 0 Å². The molecule has 0 heteroatoms. The van der Waals surface area contributed by atoms with Crippen LogP contribution in [0.25, 0.3) is 22.3 Å². The van der Waals surface area contributed by atoms with Crippen LogP contribution >= 0.6 is 0 Å². The summed E-state index contributed by atoms with van der Waals surface area (Å²) in [6.07, 6.45) is 0. The van der Waals surface area contributed by atoms with Gasteiger partial charge in [-0.1, -0.05) is 173 Å². The Balaban J connectivity index is 0.000000164. The summed E-state index contributed by atoms with van der Waals surface area (Å²) in [5.74, 6) is 1.14. The van der Waals surface area contributed by atoms with Crippen molar-refractivity contribution in [3.05, 3.63) is 157 Å². The zero-order chi connectivity index (χ0) is 25.6. The van der Waals surface area contributed by atoms with Gasteiger partial charge in [-0.25, -0.2) is 0 Å². The van der Waals surface area contributed by atoms with E-state index in [1.165, 1.54) is 33.4 Å². The molecule has 0 atom stereocenters. The first-order chi connectivity index (χ1) is 17.6. The van der Waals surface area contributed by atoms with Gasteiger partial charge >= 0.3 is 0 Å². The molecule has 0 N–H and O–H groups in total. The van der Waals surface area contributed by atoms with E-state index in [0.29, 0.717) is 11.8 Å². The van der Waals surface area contributed by atoms with Crippen LogP contribution in [0.3, 0.4) is 0 Å². The largest absolute Gasteiger partial charge is 0.0623 e. The summed E-state index contributed by atoms with van der Waals surface area (Å²) in [5, 5.41) is 0. The van der Waals surface area contributed by atoms with E-state index in [-0.39, 0.29) is 0 Å². The van der Waals surface area contributed by atoms with Gasteiger partial charge in [-0.15, -0.1) is 0 Å². The molecule has 5 aromatic rings. The Morgan fingerprint density at radius 2 is 0.556 bits per heavy atom. The smallest absolute Gasteiger partial charge is 0.0149 e. The third-order valence-electron chi connectivity index (χ3n) is 6.00. The van der Waals surface area contributed by atoms with Gasteiger partial charge in [0.25, 0.3) is 0 Å². The topological polar surface area (TPSA) is 0 Å². The third-order valence-corrected chi connectivity index (χ3v) is 6.00. The SMILES string of the molecule is CC(C)c1ccccc1-c1ccccc1.CC(C)c1ccccc1-c1ccccc1.c1ccccc1. The van der Waals surface area contributed by atoms with Crippen molar-refractivity contribution in [2.75, 3.05) is 0 Å². The minimum Gasteiger partial charge on any atom is -0.0623 e.